The topological polar surface area (TPSA) is 131 Å². The molecule has 1 unspecified atom stereocenters. The van der Waals surface area contributed by atoms with Gasteiger partial charge in [0.2, 0.25) is 15.0 Å². The average molecular weight is 971 g/mol. The third-order valence-corrected chi connectivity index (χ3v) is 16.1. The molecule has 13 heteroatoms. The number of likely N-dealkylation sites (N-methyl/N-ethyl adjacent to an activating group) is 1. The monoisotopic (exact) mass is 970 g/mol. The first-order valence-electron chi connectivity index (χ1n) is 24.5. The van der Waals surface area contributed by atoms with Crippen LogP contribution in [0.15, 0.2) is 139 Å². The lowest BCUT2D eigenvalue weighted by Gasteiger charge is -2.39. The minimum atomic E-state index is -4.02. The Balaban J connectivity index is 1.33. The molecule has 71 heavy (non-hydrogen) atoms. The van der Waals surface area contributed by atoms with Gasteiger partial charge in [-0.15, -0.1) is 0 Å². The lowest BCUT2D eigenvalue weighted by atomic mass is 9.71. The number of fused-ring (bicyclic) bond motifs is 2. The van der Waals surface area contributed by atoms with Crippen molar-refractivity contribution < 1.29 is 27.4 Å². The van der Waals surface area contributed by atoms with Crippen LogP contribution in [0, 0.1) is 12.7 Å². The summed E-state index contributed by atoms with van der Waals surface area (Å²) in [6, 6.07) is 42.2. The second-order valence-electron chi connectivity index (χ2n) is 20.1. The van der Waals surface area contributed by atoms with E-state index in [0.29, 0.717) is 57.5 Å². The zero-order chi connectivity index (χ0) is 50.0. The maximum atomic E-state index is 17.3. The number of amides is 1. The molecule has 364 valence electrons. The zero-order valence-corrected chi connectivity index (χ0v) is 42.0. The van der Waals surface area contributed by atoms with Crippen molar-refractivity contribution in [3.05, 3.63) is 178 Å². The number of nitrogens with zero attached hydrogens (tertiary/aromatic N) is 6. The Morgan fingerprint density at radius 2 is 1.45 bits per heavy atom. The Hall–Kier alpha value is -7.12. The van der Waals surface area contributed by atoms with Gasteiger partial charge in [-0.3, -0.25) is 4.68 Å². The van der Waals surface area contributed by atoms with E-state index in [4.69, 9.17) is 19.8 Å². The van der Waals surface area contributed by atoms with E-state index in [0.717, 1.165) is 46.2 Å². The molecule has 1 amide bonds. The lowest BCUT2D eigenvalue weighted by molar-refractivity contribution is 0.155. The molecule has 1 saturated heterocycles. The van der Waals surface area contributed by atoms with Crippen molar-refractivity contribution in [3.8, 4) is 16.9 Å². The molecule has 2 fully saturated rings. The molecule has 3 heterocycles. The second-order valence-corrected chi connectivity index (χ2v) is 22.3. The number of sulfone groups is 1. The standard InChI is InChI=1S/C58H59FN6O5S/c1-8-71(68,69)55-60-52-44(54(61-55)63(7)42-30-31-64(34-42)56(66)67)32-43(39-28-29-39)51(53(52)70-37(3)38-20-12-9-13-21-38)50-36(2)48(59)33-49-45(50)35-65(62-49)58(40-22-14-10-15-23-40,41-24-16-11-17-25-41)47-27-19-18-26-46(47)57(4,5)6/h9-27,32-33,35,37,39,42H,8,28-31,34H2,1-7H3,(H,66,67)/t37?,42-/m0/s1. The maximum absolute atomic E-state index is 17.3. The van der Waals surface area contributed by atoms with E-state index in [1.807, 2.05) is 103 Å². The number of carbonyl (C=O) groups is 1. The third kappa shape index (κ3) is 8.37. The van der Waals surface area contributed by atoms with Gasteiger partial charge in [-0.25, -0.2) is 27.6 Å². The number of hydrogen-bond acceptors (Lipinski definition) is 8. The van der Waals surface area contributed by atoms with Crippen LogP contribution in [0.25, 0.3) is 32.9 Å². The predicted molar refractivity (Wildman–Crippen MR) is 278 cm³/mol. The molecule has 2 atom stereocenters. The van der Waals surface area contributed by atoms with Crippen LogP contribution >= 0.6 is 0 Å². The highest BCUT2D eigenvalue weighted by molar-refractivity contribution is 7.91. The quantitative estimate of drug-likeness (QED) is 0.0886. The molecule has 8 aromatic rings. The van der Waals surface area contributed by atoms with E-state index in [9.17, 15) is 18.3 Å². The number of halogens is 1. The number of aromatic nitrogens is 4. The Morgan fingerprint density at radius 1 is 0.845 bits per heavy atom. The molecule has 0 spiro atoms. The first-order chi connectivity index (χ1) is 34.0. The van der Waals surface area contributed by atoms with Crippen molar-refractivity contribution in [2.24, 2.45) is 0 Å². The van der Waals surface area contributed by atoms with E-state index in [1.54, 1.807) is 13.8 Å². The van der Waals surface area contributed by atoms with Crippen LogP contribution < -0.4 is 9.64 Å². The Labute approximate surface area is 414 Å². The van der Waals surface area contributed by atoms with E-state index < -0.39 is 33.4 Å². The van der Waals surface area contributed by atoms with Gasteiger partial charge in [-0.05, 0) is 89.5 Å². The van der Waals surface area contributed by atoms with Crippen molar-refractivity contribution in [2.45, 2.75) is 95.0 Å². The fourth-order valence-electron chi connectivity index (χ4n) is 10.6. The summed E-state index contributed by atoms with van der Waals surface area (Å²) < 4.78 is 54.6. The molecular formula is C58H59FN6O5S. The molecular weight excluding hydrogens is 912 g/mol. The van der Waals surface area contributed by atoms with Gasteiger partial charge in [0.15, 0.2) is 5.75 Å². The number of hydrogen-bond donors (Lipinski definition) is 1. The molecule has 0 radical (unpaired) electrons. The molecule has 2 aliphatic rings. The molecule has 0 bridgehead atoms. The second kappa shape index (κ2) is 18.2. The molecule has 1 saturated carbocycles. The number of likely N-dealkylation sites (tertiary alicyclic amines) is 1. The van der Waals surface area contributed by atoms with Crippen LogP contribution in [0.2, 0.25) is 0 Å². The number of benzene rings is 6. The van der Waals surface area contributed by atoms with Crippen LogP contribution in [0.5, 0.6) is 5.75 Å². The molecule has 11 nitrogen and oxygen atoms in total. The molecule has 10 rings (SSSR count). The van der Waals surface area contributed by atoms with Crippen molar-refractivity contribution in [3.63, 3.8) is 0 Å². The highest BCUT2D eigenvalue weighted by Crippen LogP contribution is 2.54. The summed E-state index contributed by atoms with van der Waals surface area (Å²) in [7, 11) is -2.19. The van der Waals surface area contributed by atoms with Crippen molar-refractivity contribution in [1.29, 1.82) is 0 Å². The van der Waals surface area contributed by atoms with E-state index >= 15 is 4.39 Å². The normalized spacial score (nSPS) is 15.9. The van der Waals surface area contributed by atoms with E-state index in [2.05, 4.69) is 69.3 Å². The van der Waals surface area contributed by atoms with Gasteiger partial charge >= 0.3 is 6.09 Å². The average Bonchev–Trinajstić information content (AvgIpc) is 3.94. The lowest BCUT2D eigenvalue weighted by Crippen LogP contribution is -2.40. The van der Waals surface area contributed by atoms with Gasteiger partial charge in [-0.2, -0.15) is 5.10 Å². The Bertz CT molecular complexity index is 3390. The number of rotatable bonds is 13. The minimum absolute atomic E-state index is 0.0501. The van der Waals surface area contributed by atoms with Gasteiger partial charge in [0, 0.05) is 60.3 Å². The molecule has 1 aliphatic heterocycles. The molecule has 1 aliphatic carbocycles. The van der Waals surface area contributed by atoms with Crippen molar-refractivity contribution in [1.82, 2.24) is 24.6 Å². The summed E-state index contributed by atoms with van der Waals surface area (Å²) in [5, 5.41) is 16.3. The summed E-state index contributed by atoms with van der Waals surface area (Å²) >= 11 is 0. The Kier molecular flexibility index (Phi) is 12.2. The number of carboxylic acid groups (broad SMARTS) is 1. The van der Waals surface area contributed by atoms with E-state index in [1.165, 1.54) is 11.0 Å². The highest BCUT2D eigenvalue weighted by Gasteiger charge is 2.44. The van der Waals surface area contributed by atoms with Crippen LogP contribution in [0.3, 0.4) is 0 Å². The summed E-state index contributed by atoms with van der Waals surface area (Å²) in [6.45, 7) is 12.5. The van der Waals surface area contributed by atoms with Crippen LogP contribution in [-0.4, -0.2) is 76.2 Å². The van der Waals surface area contributed by atoms with Gasteiger partial charge in [0.05, 0.1) is 11.3 Å². The van der Waals surface area contributed by atoms with Crippen molar-refractivity contribution >= 4 is 43.6 Å². The van der Waals surface area contributed by atoms with Gasteiger partial charge in [-0.1, -0.05) is 143 Å². The minimum Gasteiger partial charge on any atom is -0.483 e. The predicted octanol–water partition coefficient (Wildman–Crippen LogP) is 12.2. The first kappa shape index (κ1) is 47.6. The van der Waals surface area contributed by atoms with Gasteiger partial charge in [0.25, 0.3) is 0 Å². The van der Waals surface area contributed by atoms with Gasteiger partial charge in [0.1, 0.15) is 28.8 Å². The van der Waals surface area contributed by atoms with Crippen LogP contribution in [-0.2, 0) is 20.8 Å². The molecule has 1 N–H and O–H groups in total. The summed E-state index contributed by atoms with van der Waals surface area (Å²) in [5.41, 5.74) is 6.76. The summed E-state index contributed by atoms with van der Waals surface area (Å²) in [5.74, 6) is -0.000694. The Morgan fingerprint density at radius 3 is 2.03 bits per heavy atom. The SMILES string of the molecule is CCS(=O)(=O)c1nc(N(C)[C@H]2CCN(C(=O)O)C2)c2cc(C3CC3)c(-c3c(C)c(F)cc4nn(C(c5ccccc5)(c5ccccc5)c5ccccc5C(C)(C)C)cc34)c(OC(C)c3ccccc3)c2n1. The maximum Gasteiger partial charge on any atom is 0.407 e. The first-order valence-corrected chi connectivity index (χ1v) is 26.1. The third-order valence-electron chi connectivity index (χ3n) is 14.6. The molecule has 2 aromatic heterocycles. The van der Waals surface area contributed by atoms with Gasteiger partial charge < -0.3 is 19.6 Å². The van der Waals surface area contributed by atoms with Crippen LogP contribution in [0.4, 0.5) is 15.0 Å². The number of anilines is 1. The van der Waals surface area contributed by atoms with Crippen LogP contribution in [0.1, 0.15) is 105 Å². The number of ether oxygens (including phenoxy) is 1. The zero-order valence-electron chi connectivity index (χ0n) is 41.2. The smallest absolute Gasteiger partial charge is 0.407 e. The fourth-order valence-corrected chi connectivity index (χ4v) is 11.3. The van der Waals surface area contributed by atoms with Crippen molar-refractivity contribution in [2.75, 3.05) is 30.8 Å². The largest absolute Gasteiger partial charge is 0.483 e. The summed E-state index contributed by atoms with van der Waals surface area (Å²) in [4.78, 5) is 25.1. The fraction of sp³-hybridized carbons (Fsp3) is 0.310. The van der Waals surface area contributed by atoms with E-state index in [-0.39, 0.29) is 40.3 Å². The summed E-state index contributed by atoms with van der Waals surface area (Å²) in [6.07, 6.45) is 2.70. The molecule has 6 aromatic carbocycles. The highest BCUT2D eigenvalue weighted by atomic mass is 32.2.